The Morgan fingerprint density at radius 2 is 1.78 bits per heavy atom. The molecule has 0 fully saturated rings. The minimum absolute atomic E-state index is 0.151. The van der Waals surface area contributed by atoms with Crippen molar-refractivity contribution in [3.63, 3.8) is 0 Å². The van der Waals surface area contributed by atoms with Crippen molar-refractivity contribution in [2.75, 3.05) is 13.6 Å². The number of carbonyl (C=O) groups excluding carboxylic acids is 2. The summed E-state index contributed by atoms with van der Waals surface area (Å²) in [6.45, 7) is 6.26. The minimum Gasteiger partial charge on any atom is -0.426 e. The molecular formula is C22H38BN5O4. The monoisotopic (exact) mass is 447 g/mol. The van der Waals surface area contributed by atoms with Gasteiger partial charge in [-0.1, -0.05) is 51.1 Å². The van der Waals surface area contributed by atoms with Crippen LogP contribution in [-0.4, -0.2) is 60.5 Å². The van der Waals surface area contributed by atoms with Crippen LogP contribution in [0.5, 0.6) is 0 Å². The molecule has 1 aromatic carbocycles. The average molecular weight is 447 g/mol. The normalized spacial score (nSPS) is 14.4. The Morgan fingerprint density at radius 3 is 2.31 bits per heavy atom. The first-order valence-electron chi connectivity index (χ1n) is 11.2. The molecule has 7 N–H and O–H groups in total. The fourth-order valence-corrected chi connectivity index (χ4v) is 3.45. The van der Waals surface area contributed by atoms with Crippen molar-refractivity contribution >= 4 is 24.9 Å². The third-order valence-electron chi connectivity index (χ3n) is 5.19. The Balaban J connectivity index is 2.92. The second kappa shape index (κ2) is 14.5. The van der Waals surface area contributed by atoms with Crippen molar-refractivity contribution in [2.45, 2.75) is 64.4 Å². The molecule has 0 saturated carbocycles. The molecule has 1 rings (SSSR count). The summed E-state index contributed by atoms with van der Waals surface area (Å²) in [5, 5.41) is 27.8. The van der Waals surface area contributed by atoms with Crippen molar-refractivity contribution in [3.05, 3.63) is 35.9 Å². The van der Waals surface area contributed by atoms with E-state index in [1.54, 1.807) is 7.05 Å². The van der Waals surface area contributed by atoms with E-state index in [-0.39, 0.29) is 17.7 Å². The van der Waals surface area contributed by atoms with Gasteiger partial charge in [0.2, 0.25) is 11.8 Å². The van der Waals surface area contributed by atoms with Crippen LogP contribution >= 0.6 is 0 Å². The highest BCUT2D eigenvalue weighted by Crippen LogP contribution is 2.20. The van der Waals surface area contributed by atoms with Crippen LogP contribution < -0.4 is 21.7 Å². The summed E-state index contributed by atoms with van der Waals surface area (Å²) in [4.78, 5) is 29.8. The zero-order valence-electron chi connectivity index (χ0n) is 19.5. The van der Waals surface area contributed by atoms with Gasteiger partial charge in [-0.25, -0.2) is 0 Å². The molecule has 0 aromatic heterocycles. The van der Waals surface area contributed by atoms with E-state index in [9.17, 15) is 19.6 Å². The number of amides is 2. The van der Waals surface area contributed by atoms with Crippen LogP contribution in [0.4, 0.5) is 0 Å². The van der Waals surface area contributed by atoms with Gasteiger partial charge < -0.3 is 31.7 Å². The van der Waals surface area contributed by atoms with Crippen LogP contribution in [0.3, 0.4) is 0 Å². The van der Waals surface area contributed by atoms with E-state index in [0.29, 0.717) is 38.2 Å². The summed E-state index contributed by atoms with van der Waals surface area (Å²) in [5.41, 5.74) is 6.51. The highest BCUT2D eigenvalue weighted by molar-refractivity contribution is 6.43. The summed E-state index contributed by atoms with van der Waals surface area (Å²) in [6.07, 6.45) is 1.88. The molecule has 178 valence electrons. The van der Waals surface area contributed by atoms with Gasteiger partial charge in [-0.2, -0.15) is 0 Å². The van der Waals surface area contributed by atoms with Gasteiger partial charge in [0.25, 0.3) is 0 Å². The van der Waals surface area contributed by atoms with Crippen LogP contribution in [0, 0.1) is 5.92 Å². The maximum Gasteiger partial charge on any atom is 0.475 e. The number of aliphatic imine (C=N–C) groups is 1. The zero-order valence-corrected chi connectivity index (χ0v) is 19.5. The van der Waals surface area contributed by atoms with Gasteiger partial charge in [0.05, 0.1) is 11.9 Å². The number of hydrogen-bond acceptors (Lipinski definition) is 5. The van der Waals surface area contributed by atoms with E-state index in [1.165, 1.54) is 0 Å². The lowest BCUT2D eigenvalue weighted by atomic mass is 9.75. The molecule has 0 saturated heterocycles. The summed E-state index contributed by atoms with van der Waals surface area (Å²) >= 11 is 0. The molecule has 0 radical (unpaired) electrons. The number of rotatable bonds is 13. The van der Waals surface area contributed by atoms with Crippen LogP contribution in [-0.2, 0) is 9.59 Å². The number of nitrogens with zero attached hydrogens (tertiary/aromatic N) is 1. The van der Waals surface area contributed by atoms with Crippen molar-refractivity contribution in [1.29, 1.82) is 0 Å². The van der Waals surface area contributed by atoms with E-state index < -0.39 is 25.0 Å². The number of benzene rings is 1. The Kier molecular flexibility index (Phi) is 12.4. The Bertz CT molecular complexity index is 730. The largest absolute Gasteiger partial charge is 0.475 e. The molecule has 0 spiro atoms. The van der Waals surface area contributed by atoms with Crippen molar-refractivity contribution < 1.29 is 19.6 Å². The first kappa shape index (κ1) is 27.4. The van der Waals surface area contributed by atoms with Crippen LogP contribution in [0.25, 0.3) is 0 Å². The lowest BCUT2D eigenvalue weighted by molar-refractivity contribution is -0.130. The Hall–Kier alpha value is -2.59. The molecule has 0 bridgehead atoms. The standard InChI is InChI=1S/C22H38BN5O4/c1-5-17(16-10-7-6-8-11-16)20(29)27-18(12-9-13-26-22(24)25-4)21(30)28-19(23(31)32)14-15(2)3/h6-8,10-11,15,17-19,31-32H,5,9,12-14H2,1-4H3,(H,27,29)(H,28,30)(H3,24,25,26)/t17-,18+,19+/m1/s1. The molecule has 0 heterocycles. The predicted molar refractivity (Wildman–Crippen MR) is 128 cm³/mol. The first-order chi connectivity index (χ1) is 15.2. The molecule has 32 heavy (non-hydrogen) atoms. The van der Waals surface area contributed by atoms with E-state index in [1.807, 2.05) is 51.1 Å². The third-order valence-corrected chi connectivity index (χ3v) is 5.19. The smallest absolute Gasteiger partial charge is 0.426 e. The van der Waals surface area contributed by atoms with E-state index >= 15 is 0 Å². The molecule has 0 unspecified atom stereocenters. The van der Waals surface area contributed by atoms with Crippen LogP contribution in [0.1, 0.15) is 57.9 Å². The van der Waals surface area contributed by atoms with Gasteiger partial charge in [-0.3, -0.25) is 14.6 Å². The molecule has 0 aliphatic rings. The van der Waals surface area contributed by atoms with E-state index in [4.69, 9.17) is 5.73 Å². The van der Waals surface area contributed by atoms with Gasteiger partial charge in [-0.15, -0.1) is 0 Å². The third kappa shape index (κ3) is 9.70. The fourth-order valence-electron chi connectivity index (χ4n) is 3.45. The molecule has 1 aromatic rings. The quantitative estimate of drug-likeness (QED) is 0.112. The van der Waals surface area contributed by atoms with Crippen molar-refractivity contribution in [2.24, 2.45) is 16.6 Å². The first-order valence-corrected chi connectivity index (χ1v) is 11.2. The minimum atomic E-state index is -1.69. The van der Waals surface area contributed by atoms with Crippen molar-refractivity contribution in [3.8, 4) is 0 Å². The van der Waals surface area contributed by atoms with Gasteiger partial charge >= 0.3 is 7.12 Å². The number of hydrogen-bond donors (Lipinski definition) is 6. The lowest BCUT2D eigenvalue weighted by Gasteiger charge is -2.25. The summed E-state index contributed by atoms with van der Waals surface area (Å²) in [7, 11) is -0.116. The van der Waals surface area contributed by atoms with Gasteiger partial charge in [-0.05, 0) is 37.2 Å². The molecular weight excluding hydrogens is 409 g/mol. The topological polar surface area (TPSA) is 149 Å². The van der Waals surface area contributed by atoms with Crippen molar-refractivity contribution in [1.82, 2.24) is 16.0 Å². The Morgan fingerprint density at radius 1 is 1.12 bits per heavy atom. The predicted octanol–water partition coefficient (Wildman–Crippen LogP) is 0.522. The second-order valence-electron chi connectivity index (χ2n) is 8.27. The van der Waals surface area contributed by atoms with E-state index in [0.717, 1.165) is 5.56 Å². The van der Waals surface area contributed by atoms with Gasteiger partial charge in [0, 0.05) is 13.6 Å². The molecule has 3 atom stereocenters. The molecule has 9 nitrogen and oxygen atoms in total. The SMILES string of the molecule is CC[C@@H](C(=O)N[C@@H](CCCNC(N)=NC)C(=O)N[C@@H](CC(C)C)B(O)O)c1ccccc1. The molecule has 2 amide bonds. The number of carbonyl (C=O) groups is 2. The lowest BCUT2D eigenvalue weighted by Crippen LogP contribution is -2.55. The summed E-state index contributed by atoms with van der Waals surface area (Å²) < 4.78 is 0. The van der Waals surface area contributed by atoms with Gasteiger partial charge in [0.1, 0.15) is 6.04 Å². The Labute approximate surface area is 191 Å². The number of guanidine groups is 1. The molecule has 10 heteroatoms. The summed E-state index contributed by atoms with van der Waals surface area (Å²) in [6, 6.07) is 8.59. The highest BCUT2D eigenvalue weighted by Gasteiger charge is 2.31. The zero-order chi connectivity index (χ0) is 24.1. The fraction of sp³-hybridized carbons (Fsp3) is 0.591. The maximum atomic E-state index is 13.0. The van der Waals surface area contributed by atoms with Gasteiger partial charge in [0.15, 0.2) is 5.96 Å². The highest BCUT2D eigenvalue weighted by atomic mass is 16.4. The van der Waals surface area contributed by atoms with Crippen LogP contribution in [0.2, 0.25) is 0 Å². The second-order valence-corrected chi connectivity index (χ2v) is 8.27. The number of nitrogens with two attached hydrogens (primary N) is 1. The maximum absolute atomic E-state index is 13.0. The molecule has 0 aliphatic heterocycles. The van der Waals surface area contributed by atoms with Crippen LogP contribution in [0.15, 0.2) is 35.3 Å². The number of nitrogens with one attached hydrogen (secondary N) is 3. The average Bonchev–Trinajstić information content (AvgIpc) is 2.75. The van der Waals surface area contributed by atoms with E-state index in [2.05, 4.69) is 20.9 Å². The summed E-state index contributed by atoms with van der Waals surface area (Å²) in [5.74, 6) is -1.45. The molecule has 0 aliphatic carbocycles.